The van der Waals surface area contributed by atoms with E-state index in [1.165, 1.54) is 18.3 Å². The highest BCUT2D eigenvalue weighted by Crippen LogP contribution is 2.30. The number of nitrogens with one attached hydrogen (secondary N) is 1. The molecular weight excluding hydrogens is 367 g/mol. The van der Waals surface area contributed by atoms with Crippen molar-refractivity contribution in [2.75, 3.05) is 11.1 Å². The molecule has 4 nitrogen and oxygen atoms in total. The van der Waals surface area contributed by atoms with Gasteiger partial charge in [0.1, 0.15) is 5.82 Å². The second-order valence-corrected chi connectivity index (χ2v) is 5.84. The number of carbonyl (C=O) groups excluding carboxylic acids is 1. The average Bonchev–Trinajstić information content (AvgIpc) is 2.67. The number of rotatable bonds is 2. The van der Waals surface area contributed by atoms with E-state index in [9.17, 15) is 18.0 Å². The van der Waals surface area contributed by atoms with E-state index in [4.69, 9.17) is 5.73 Å². The van der Waals surface area contributed by atoms with Crippen LogP contribution in [0.3, 0.4) is 0 Å². The van der Waals surface area contributed by atoms with Crippen LogP contribution in [-0.4, -0.2) is 10.9 Å². The minimum Gasteiger partial charge on any atom is -0.384 e. The third-order valence-corrected chi connectivity index (χ3v) is 3.71. The number of nitrogens with zero attached hydrogens (tertiary/aromatic N) is 1. The van der Waals surface area contributed by atoms with Gasteiger partial charge >= 0.3 is 6.18 Å². The van der Waals surface area contributed by atoms with Crippen molar-refractivity contribution in [3.8, 4) is 11.8 Å². The molecule has 1 aromatic heterocycles. The first-order chi connectivity index (χ1) is 13.3. The fourth-order valence-corrected chi connectivity index (χ4v) is 2.34. The van der Waals surface area contributed by atoms with E-state index in [0.29, 0.717) is 16.9 Å². The van der Waals surface area contributed by atoms with Crippen LogP contribution in [0.5, 0.6) is 0 Å². The molecule has 3 rings (SSSR count). The Balaban J connectivity index is 1.77. The summed E-state index contributed by atoms with van der Waals surface area (Å²) in [6, 6.07) is 14.3. The van der Waals surface area contributed by atoms with E-state index in [2.05, 4.69) is 22.1 Å². The predicted octanol–water partition coefficient (Wildman–Crippen LogP) is 4.33. The van der Waals surface area contributed by atoms with E-state index in [1.54, 1.807) is 36.4 Å². The molecule has 7 heteroatoms. The highest BCUT2D eigenvalue weighted by Gasteiger charge is 2.30. The van der Waals surface area contributed by atoms with Gasteiger partial charge in [-0.2, -0.15) is 13.2 Å². The zero-order chi connectivity index (χ0) is 20.1. The maximum Gasteiger partial charge on any atom is 0.416 e. The number of carbonyl (C=O) groups is 1. The van der Waals surface area contributed by atoms with Crippen molar-refractivity contribution in [3.63, 3.8) is 0 Å². The summed E-state index contributed by atoms with van der Waals surface area (Å²) in [5.74, 6) is 5.67. The number of halogens is 3. The van der Waals surface area contributed by atoms with Crippen LogP contribution in [-0.2, 0) is 6.18 Å². The lowest BCUT2D eigenvalue weighted by Crippen LogP contribution is -2.13. The number of aromatic nitrogens is 1. The molecule has 0 radical (unpaired) electrons. The molecule has 28 heavy (non-hydrogen) atoms. The lowest BCUT2D eigenvalue weighted by molar-refractivity contribution is -0.137. The molecule has 3 N–H and O–H groups in total. The third-order valence-electron chi connectivity index (χ3n) is 3.71. The Kier molecular flexibility index (Phi) is 5.32. The number of hydrogen-bond donors (Lipinski definition) is 2. The molecule has 2 aromatic carbocycles. The number of anilines is 2. The molecular formula is C21H14F3N3O. The minimum atomic E-state index is -4.48. The minimum absolute atomic E-state index is 0.0595. The van der Waals surface area contributed by atoms with Crippen molar-refractivity contribution in [1.29, 1.82) is 0 Å². The van der Waals surface area contributed by atoms with Crippen molar-refractivity contribution in [2.24, 2.45) is 0 Å². The molecule has 0 unspecified atom stereocenters. The molecule has 0 saturated carbocycles. The van der Waals surface area contributed by atoms with Gasteiger partial charge in [-0.05, 0) is 48.5 Å². The Morgan fingerprint density at radius 1 is 0.964 bits per heavy atom. The number of alkyl halides is 3. The quantitative estimate of drug-likeness (QED) is 0.649. The first-order valence-corrected chi connectivity index (χ1v) is 8.13. The van der Waals surface area contributed by atoms with Gasteiger partial charge in [-0.3, -0.25) is 4.79 Å². The molecule has 0 saturated heterocycles. The fraction of sp³-hybridized carbons (Fsp3) is 0.0476. The van der Waals surface area contributed by atoms with Crippen molar-refractivity contribution in [1.82, 2.24) is 4.98 Å². The van der Waals surface area contributed by atoms with Crippen LogP contribution in [0, 0.1) is 11.8 Å². The Bertz CT molecular complexity index is 1060. The molecule has 0 aliphatic carbocycles. The summed E-state index contributed by atoms with van der Waals surface area (Å²) in [4.78, 5) is 16.3. The summed E-state index contributed by atoms with van der Waals surface area (Å²) in [6.07, 6.45) is -2.94. The Morgan fingerprint density at radius 2 is 1.71 bits per heavy atom. The van der Waals surface area contributed by atoms with E-state index in [-0.39, 0.29) is 11.3 Å². The van der Waals surface area contributed by atoms with Gasteiger partial charge in [0, 0.05) is 28.6 Å². The highest BCUT2D eigenvalue weighted by atomic mass is 19.4. The van der Waals surface area contributed by atoms with Crippen LogP contribution < -0.4 is 11.1 Å². The van der Waals surface area contributed by atoms with Crippen molar-refractivity contribution in [2.45, 2.75) is 6.18 Å². The van der Waals surface area contributed by atoms with Gasteiger partial charge in [0.15, 0.2) is 0 Å². The number of amides is 1. The first kappa shape index (κ1) is 19.0. The second kappa shape index (κ2) is 7.84. The maximum absolute atomic E-state index is 12.8. The second-order valence-electron chi connectivity index (χ2n) is 5.84. The van der Waals surface area contributed by atoms with Crippen LogP contribution in [0.25, 0.3) is 0 Å². The molecule has 0 spiro atoms. The topological polar surface area (TPSA) is 68.0 Å². The molecule has 0 bridgehead atoms. The number of nitrogen functional groups attached to an aromatic ring is 1. The predicted molar refractivity (Wildman–Crippen MR) is 100 cm³/mol. The van der Waals surface area contributed by atoms with Crippen LogP contribution in [0.2, 0.25) is 0 Å². The van der Waals surface area contributed by atoms with Gasteiger partial charge < -0.3 is 11.1 Å². The SMILES string of the molecule is Nc1ccc(C#Cc2cccc(C(=O)Nc3cccc(C(F)(F)F)c3)c2)cn1. The molecule has 3 aromatic rings. The number of nitrogens with two attached hydrogens (primary N) is 1. The van der Waals surface area contributed by atoms with Gasteiger partial charge in [-0.15, -0.1) is 0 Å². The molecule has 140 valence electrons. The lowest BCUT2D eigenvalue weighted by atomic mass is 10.1. The smallest absolute Gasteiger partial charge is 0.384 e. The van der Waals surface area contributed by atoms with Crippen LogP contribution in [0.1, 0.15) is 27.0 Å². The zero-order valence-corrected chi connectivity index (χ0v) is 14.4. The van der Waals surface area contributed by atoms with Gasteiger partial charge in [-0.1, -0.05) is 24.0 Å². The van der Waals surface area contributed by atoms with Gasteiger partial charge in [0.05, 0.1) is 5.56 Å². The van der Waals surface area contributed by atoms with Crippen LogP contribution >= 0.6 is 0 Å². The Labute approximate surface area is 159 Å². The Morgan fingerprint density at radius 3 is 2.43 bits per heavy atom. The Hall–Kier alpha value is -3.79. The fourth-order valence-electron chi connectivity index (χ4n) is 2.34. The van der Waals surface area contributed by atoms with Gasteiger partial charge in [-0.25, -0.2) is 4.98 Å². The summed E-state index contributed by atoms with van der Waals surface area (Å²) < 4.78 is 38.4. The number of benzene rings is 2. The van der Waals surface area contributed by atoms with E-state index >= 15 is 0 Å². The summed E-state index contributed by atoms with van der Waals surface area (Å²) in [5.41, 5.74) is 6.26. The third kappa shape index (κ3) is 4.89. The standard InChI is InChI=1S/C21H14F3N3O/c22-21(23,24)17-5-2-6-18(12-17)27-20(28)16-4-1-3-14(11-16)7-8-15-9-10-19(25)26-13-15/h1-6,9-13H,(H2,25,26)(H,27,28). The van der Waals surface area contributed by atoms with Crippen molar-refractivity contribution in [3.05, 3.63) is 89.1 Å². The monoisotopic (exact) mass is 381 g/mol. The first-order valence-electron chi connectivity index (χ1n) is 8.13. The van der Waals surface area contributed by atoms with Crippen molar-refractivity contribution >= 4 is 17.4 Å². The zero-order valence-electron chi connectivity index (χ0n) is 14.4. The van der Waals surface area contributed by atoms with Gasteiger partial charge in [0.2, 0.25) is 0 Å². The lowest BCUT2D eigenvalue weighted by Gasteiger charge is -2.10. The maximum atomic E-state index is 12.8. The molecule has 0 fully saturated rings. The van der Waals surface area contributed by atoms with Crippen LogP contribution in [0.4, 0.5) is 24.7 Å². The molecule has 0 aliphatic heterocycles. The van der Waals surface area contributed by atoms with E-state index in [1.807, 2.05) is 0 Å². The van der Waals surface area contributed by atoms with E-state index < -0.39 is 17.6 Å². The number of hydrogen-bond acceptors (Lipinski definition) is 3. The van der Waals surface area contributed by atoms with Crippen molar-refractivity contribution < 1.29 is 18.0 Å². The number of pyridine rings is 1. The summed E-state index contributed by atoms with van der Waals surface area (Å²) in [7, 11) is 0. The normalized spacial score (nSPS) is 10.7. The molecule has 0 atom stereocenters. The summed E-state index contributed by atoms with van der Waals surface area (Å²) in [6.45, 7) is 0. The average molecular weight is 381 g/mol. The van der Waals surface area contributed by atoms with Crippen LogP contribution in [0.15, 0.2) is 66.9 Å². The molecule has 1 heterocycles. The largest absolute Gasteiger partial charge is 0.416 e. The summed E-state index contributed by atoms with van der Waals surface area (Å²) >= 11 is 0. The molecule has 0 aliphatic rings. The van der Waals surface area contributed by atoms with Gasteiger partial charge in [0.25, 0.3) is 5.91 Å². The summed E-state index contributed by atoms with van der Waals surface area (Å²) in [5, 5.41) is 2.47. The highest BCUT2D eigenvalue weighted by molar-refractivity contribution is 6.04. The van der Waals surface area contributed by atoms with E-state index in [0.717, 1.165) is 12.1 Å². The molecule has 1 amide bonds.